The fourth-order valence-corrected chi connectivity index (χ4v) is 2.48. The van der Waals surface area contributed by atoms with E-state index < -0.39 is 0 Å². The second-order valence-electron chi connectivity index (χ2n) is 4.96. The number of hydrogen-bond acceptors (Lipinski definition) is 4. The Bertz CT molecular complexity index is 769. The maximum absolute atomic E-state index is 8.81. The van der Waals surface area contributed by atoms with Crippen molar-refractivity contribution < 1.29 is 0 Å². The summed E-state index contributed by atoms with van der Waals surface area (Å²) in [6.45, 7) is 1.71. The molecule has 0 saturated carbocycles. The highest BCUT2D eigenvalue weighted by molar-refractivity contribution is 5.77. The second kappa shape index (κ2) is 4.10. The maximum Gasteiger partial charge on any atom is 0.203 e. The standard InChI is InChI=1S/C14H12N6/c15-5-10-6-16-20(7-10)11-8-19(9-11)14-17-12-3-1-2-4-13(12)18-14/h1-4,6-7,11H,8-9H2,(H,17,18). The quantitative estimate of drug-likeness (QED) is 0.764. The van der Waals surface area contributed by atoms with Crippen LogP contribution in [0.2, 0.25) is 0 Å². The molecule has 0 spiro atoms. The van der Waals surface area contributed by atoms with Crippen molar-refractivity contribution >= 4 is 17.0 Å². The molecule has 1 aromatic carbocycles. The molecule has 0 aliphatic carbocycles. The Hall–Kier alpha value is -2.81. The molecule has 6 nitrogen and oxygen atoms in total. The van der Waals surface area contributed by atoms with E-state index in [4.69, 9.17) is 5.26 Å². The van der Waals surface area contributed by atoms with Gasteiger partial charge in [0.2, 0.25) is 5.95 Å². The van der Waals surface area contributed by atoms with Crippen LogP contribution in [0.4, 0.5) is 5.95 Å². The Morgan fingerprint density at radius 3 is 2.90 bits per heavy atom. The number of benzene rings is 1. The highest BCUT2D eigenvalue weighted by Gasteiger charge is 2.30. The molecule has 1 aliphatic rings. The first-order valence-electron chi connectivity index (χ1n) is 6.47. The van der Waals surface area contributed by atoms with Crippen LogP contribution in [-0.4, -0.2) is 32.8 Å². The van der Waals surface area contributed by atoms with Gasteiger partial charge in [-0.2, -0.15) is 10.4 Å². The van der Waals surface area contributed by atoms with Crippen LogP contribution < -0.4 is 4.90 Å². The Labute approximate surface area is 115 Å². The second-order valence-corrected chi connectivity index (χ2v) is 4.96. The molecule has 6 heteroatoms. The minimum atomic E-state index is 0.310. The van der Waals surface area contributed by atoms with E-state index >= 15 is 0 Å². The Kier molecular flexibility index (Phi) is 2.27. The molecule has 1 N–H and O–H groups in total. The third-order valence-corrected chi connectivity index (χ3v) is 3.64. The van der Waals surface area contributed by atoms with Crippen molar-refractivity contribution in [3.63, 3.8) is 0 Å². The average Bonchev–Trinajstić information content (AvgIpc) is 3.03. The molecule has 0 amide bonds. The molecule has 1 fully saturated rings. The van der Waals surface area contributed by atoms with Gasteiger partial charge in [-0.25, -0.2) is 4.98 Å². The third kappa shape index (κ3) is 1.64. The number of fused-ring (bicyclic) bond motifs is 1. The van der Waals surface area contributed by atoms with Crippen LogP contribution >= 0.6 is 0 Å². The SMILES string of the molecule is N#Cc1cnn(C2CN(c3nc4ccccc4[nH]3)C2)c1. The summed E-state index contributed by atoms with van der Waals surface area (Å²) in [6, 6.07) is 10.4. The fraction of sp³-hybridized carbons (Fsp3) is 0.214. The lowest BCUT2D eigenvalue weighted by atomic mass is 10.1. The predicted octanol–water partition coefficient (Wildman–Crippen LogP) is 1.69. The first-order chi connectivity index (χ1) is 9.83. The topological polar surface area (TPSA) is 73.5 Å². The number of aromatic nitrogens is 4. The van der Waals surface area contributed by atoms with Gasteiger partial charge in [0, 0.05) is 19.3 Å². The van der Waals surface area contributed by atoms with Crippen LogP contribution in [0.15, 0.2) is 36.7 Å². The number of para-hydroxylation sites is 2. The molecule has 0 radical (unpaired) electrons. The molecular weight excluding hydrogens is 252 g/mol. The van der Waals surface area contributed by atoms with E-state index in [1.807, 2.05) is 28.9 Å². The number of aromatic amines is 1. The normalized spacial score (nSPS) is 15.2. The van der Waals surface area contributed by atoms with Gasteiger partial charge in [0.1, 0.15) is 6.07 Å². The molecule has 1 saturated heterocycles. The number of imidazole rings is 1. The molecule has 3 aromatic rings. The molecule has 4 rings (SSSR count). The lowest BCUT2D eigenvalue weighted by Gasteiger charge is -2.38. The molecule has 0 bridgehead atoms. The van der Waals surface area contributed by atoms with Crippen molar-refractivity contribution in [2.45, 2.75) is 6.04 Å². The summed E-state index contributed by atoms with van der Waals surface area (Å²) in [5, 5.41) is 13.0. The molecule has 98 valence electrons. The van der Waals surface area contributed by atoms with Crippen molar-refractivity contribution in [2.24, 2.45) is 0 Å². The minimum Gasteiger partial charge on any atom is -0.338 e. The summed E-state index contributed by atoms with van der Waals surface area (Å²) < 4.78 is 1.86. The summed E-state index contributed by atoms with van der Waals surface area (Å²) in [5.41, 5.74) is 2.64. The van der Waals surface area contributed by atoms with Crippen LogP contribution in [0.3, 0.4) is 0 Å². The summed E-state index contributed by atoms with van der Waals surface area (Å²) in [5.74, 6) is 0.898. The molecule has 20 heavy (non-hydrogen) atoms. The number of anilines is 1. The minimum absolute atomic E-state index is 0.310. The van der Waals surface area contributed by atoms with Crippen molar-refractivity contribution in [3.05, 3.63) is 42.2 Å². The van der Waals surface area contributed by atoms with Crippen LogP contribution in [0.25, 0.3) is 11.0 Å². The molecule has 0 unspecified atom stereocenters. The number of hydrogen-bond donors (Lipinski definition) is 1. The summed E-state index contributed by atoms with van der Waals surface area (Å²) in [6.07, 6.45) is 3.39. The lowest BCUT2D eigenvalue weighted by molar-refractivity contribution is 0.364. The van der Waals surface area contributed by atoms with Gasteiger partial charge in [0.25, 0.3) is 0 Å². The summed E-state index contributed by atoms with van der Waals surface area (Å²) in [7, 11) is 0. The van der Waals surface area contributed by atoms with Crippen molar-refractivity contribution in [1.29, 1.82) is 5.26 Å². The fourth-order valence-electron chi connectivity index (χ4n) is 2.48. The Balaban J connectivity index is 1.52. The first-order valence-corrected chi connectivity index (χ1v) is 6.47. The monoisotopic (exact) mass is 264 g/mol. The maximum atomic E-state index is 8.81. The van der Waals surface area contributed by atoms with Crippen molar-refractivity contribution in [3.8, 4) is 6.07 Å². The zero-order valence-electron chi connectivity index (χ0n) is 10.7. The van der Waals surface area contributed by atoms with Gasteiger partial charge in [-0.1, -0.05) is 12.1 Å². The van der Waals surface area contributed by atoms with E-state index in [-0.39, 0.29) is 0 Å². The van der Waals surface area contributed by atoms with Crippen LogP contribution in [0, 0.1) is 11.3 Å². The van der Waals surface area contributed by atoms with Crippen LogP contribution in [0.1, 0.15) is 11.6 Å². The summed E-state index contributed by atoms with van der Waals surface area (Å²) in [4.78, 5) is 10.1. The number of nitrogens with one attached hydrogen (secondary N) is 1. The van der Waals surface area contributed by atoms with E-state index in [9.17, 15) is 0 Å². The predicted molar refractivity (Wildman–Crippen MR) is 74.3 cm³/mol. The molecule has 0 atom stereocenters. The van der Waals surface area contributed by atoms with Crippen LogP contribution in [0.5, 0.6) is 0 Å². The Morgan fingerprint density at radius 2 is 2.15 bits per heavy atom. The smallest absolute Gasteiger partial charge is 0.203 e. The summed E-state index contributed by atoms with van der Waals surface area (Å²) >= 11 is 0. The third-order valence-electron chi connectivity index (χ3n) is 3.64. The average molecular weight is 264 g/mol. The highest BCUT2D eigenvalue weighted by atomic mass is 15.4. The molecule has 3 heterocycles. The van der Waals surface area contributed by atoms with E-state index in [0.717, 1.165) is 30.1 Å². The van der Waals surface area contributed by atoms with Gasteiger partial charge in [-0.3, -0.25) is 4.68 Å². The first kappa shape index (κ1) is 11.1. The Morgan fingerprint density at radius 1 is 1.30 bits per heavy atom. The van der Waals surface area contributed by atoms with Crippen molar-refractivity contribution in [2.75, 3.05) is 18.0 Å². The molecule has 2 aromatic heterocycles. The number of rotatable bonds is 2. The van der Waals surface area contributed by atoms with Gasteiger partial charge in [0.15, 0.2) is 0 Å². The van der Waals surface area contributed by atoms with Crippen LogP contribution in [-0.2, 0) is 0 Å². The largest absolute Gasteiger partial charge is 0.338 e. The zero-order valence-corrected chi connectivity index (χ0v) is 10.7. The van der Waals surface area contributed by atoms with Gasteiger partial charge >= 0.3 is 0 Å². The lowest BCUT2D eigenvalue weighted by Crippen LogP contribution is -2.48. The van der Waals surface area contributed by atoms with E-state index in [1.54, 1.807) is 12.4 Å². The zero-order chi connectivity index (χ0) is 13.5. The highest BCUT2D eigenvalue weighted by Crippen LogP contribution is 2.27. The van der Waals surface area contributed by atoms with Gasteiger partial charge in [-0.15, -0.1) is 0 Å². The molecule has 1 aliphatic heterocycles. The van der Waals surface area contributed by atoms with Gasteiger partial charge in [0.05, 0.1) is 28.8 Å². The van der Waals surface area contributed by atoms with E-state index in [0.29, 0.717) is 11.6 Å². The van der Waals surface area contributed by atoms with Gasteiger partial charge in [-0.05, 0) is 12.1 Å². The van der Waals surface area contributed by atoms with Gasteiger partial charge < -0.3 is 9.88 Å². The van der Waals surface area contributed by atoms with Crippen molar-refractivity contribution in [1.82, 2.24) is 19.7 Å². The van der Waals surface area contributed by atoms with E-state index in [1.165, 1.54) is 0 Å². The van der Waals surface area contributed by atoms with E-state index in [2.05, 4.69) is 26.0 Å². The number of nitriles is 1. The number of H-pyrrole nitrogens is 1. The number of nitrogens with zero attached hydrogens (tertiary/aromatic N) is 5. The molecular formula is C14H12N6.